The molecule has 0 heterocycles. The third kappa shape index (κ3) is 2.97. The fraction of sp³-hybridized carbons (Fsp3) is 0.250. The van der Waals surface area contributed by atoms with Gasteiger partial charge < -0.3 is 15.0 Å². The molecule has 0 unspecified atom stereocenters. The largest absolute Gasteiger partial charge is 0.432 e. The quantitative estimate of drug-likeness (QED) is 0.642. The van der Waals surface area contributed by atoms with E-state index in [2.05, 4.69) is 11.9 Å². The van der Waals surface area contributed by atoms with Gasteiger partial charge in [-0.3, -0.25) is 0 Å². The highest BCUT2D eigenvalue weighted by molar-refractivity contribution is 7.80. The lowest BCUT2D eigenvalue weighted by Gasteiger charge is -2.18. The zero-order valence-electron chi connectivity index (χ0n) is 9.78. The van der Waals surface area contributed by atoms with Gasteiger partial charge in [-0.05, 0) is 24.4 Å². The van der Waals surface area contributed by atoms with Crippen LogP contribution >= 0.6 is 12.2 Å². The van der Waals surface area contributed by atoms with Crippen molar-refractivity contribution in [2.24, 2.45) is 0 Å². The van der Waals surface area contributed by atoms with Crippen LogP contribution in [0.1, 0.15) is 5.56 Å². The zero-order chi connectivity index (χ0) is 12.1. The van der Waals surface area contributed by atoms with Crippen LogP contribution in [-0.4, -0.2) is 26.3 Å². The fourth-order valence-corrected chi connectivity index (χ4v) is 1.42. The number of benzene rings is 1. The Hall–Kier alpha value is -1.55. The monoisotopic (exact) mass is 236 g/mol. The first kappa shape index (κ1) is 12.5. The van der Waals surface area contributed by atoms with Crippen LogP contribution in [0.3, 0.4) is 0 Å². The molecule has 0 saturated heterocycles. The van der Waals surface area contributed by atoms with Crippen molar-refractivity contribution < 1.29 is 4.74 Å². The molecular weight excluding hydrogens is 220 g/mol. The maximum atomic E-state index is 5.38. The summed E-state index contributed by atoms with van der Waals surface area (Å²) >= 11 is 4.93. The molecule has 0 radical (unpaired) electrons. The highest BCUT2D eigenvalue weighted by Crippen LogP contribution is 2.25. The number of anilines is 1. The number of ether oxygens (including phenoxy) is 1. The van der Waals surface area contributed by atoms with Crippen molar-refractivity contribution in [3.05, 3.63) is 36.4 Å². The van der Waals surface area contributed by atoms with Crippen molar-refractivity contribution >= 4 is 28.8 Å². The van der Waals surface area contributed by atoms with Gasteiger partial charge in [-0.1, -0.05) is 18.7 Å². The number of nitrogens with one attached hydrogen (secondary N) is 1. The molecule has 0 aliphatic heterocycles. The molecule has 0 aliphatic carbocycles. The number of thiocarbonyl (C=S) groups is 1. The van der Waals surface area contributed by atoms with E-state index in [1.54, 1.807) is 7.05 Å². The third-order valence-electron chi connectivity index (χ3n) is 2.11. The number of rotatable bonds is 3. The minimum absolute atomic E-state index is 0.318. The standard InChI is InChI=1S/C12H16N2OS/c1-9(15-12(16)13-2)10-7-5-6-8-11(10)14(3)4/h5-8H,1H2,2-4H3,(H,13,16). The van der Waals surface area contributed by atoms with Crippen LogP contribution < -0.4 is 10.2 Å². The minimum atomic E-state index is 0.318. The normalized spacial score (nSPS) is 9.44. The second kappa shape index (κ2) is 5.51. The van der Waals surface area contributed by atoms with E-state index in [0.717, 1.165) is 11.3 Å². The second-order valence-electron chi connectivity index (χ2n) is 3.47. The van der Waals surface area contributed by atoms with E-state index in [1.165, 1.54) is 0 Å². The van der Waals surface area contributed by atoms with Crippen LogP contribution in [0.15, 0.2) is 30.8 Å². The SMILES string of the molecule is C=C(OC(=S)NC)c1ccccc1N(C)C. The number of para-hydroxylation sites is 1. The summed E-state index contributed by atoms with van der Waals surface area (Å²) in [4.78, 5) is 2.01. The summed E-state index contributed by atoms with van der Waals surface area (Å²) in [6, 6.07) is 7.88. The van der Waals surface area contributed by atoms with Crippen LogP contribution in [0, 0.1) is 0 Å². The second-order valence-corrected chi connectivity index (χ2v) is 3.85. The van der Waals surface area contributed by atoms with Crippen LogP contribution in [0.25, 0.3) is 5.76 Å². The first-order valence-electron chi connectivity index (χ1n) is 4.91. The predicted octanol–water partition coefficient (Wildman–Crippen LogP) is 2.24. The molecule has 0 fully saturated rings. The third-order valence-corrected chi connectivity index (χ3v) is 2.39. The first-order chi connectivity index (χ1) is 7.56. The highest BCUT2D eigenvalue weighted by atomic mass is 32.1. The Morgan fingerprint density at radius 3 is 2.56 bits per heavy atom. The molecule has 86 valence electrons. The van der Waals surface area contributed by atoms with Crippen molar-refractivity contribution in [3.8, 4) is 0 Å². The van der Waals surface area contributed by atoms with Gasteiger partial charge >= 0.3 is 0 Å². The van der Waals surface area contributed by atoms with E-state index < -0.39 is 0 Å². The fourth-order valence-electron chi connectivity index (χ4n) is 1.32. The Kier molecular flexibility index (Phi) is 4.31. The maximum absolute atomic E-state index is 5.38. The Morgan fingerprint density at radius 1 is 1.38 bits per heavy atom. The van der Waals surface area contributed by atoms with Gasteiger partial charge in [0.2, 0.25) is 0 Å². The molecule has 3 nitrogen and oxygen atoms in total. The van der Waals surface area contributed by atoms with E-state index in [4.69, 9.17) is 17.0 Å². The lowest BCUT2D eigenvalue weighted by molar-refractivity contribution is 0.501. The summed E-state index contributed by atoms with van der Waals surface area (Å²) in [6.45, 7) is 3.88. The summed E-state index contributed by atoms with van der Waals surface area (Å²) in [6.07, 6.45) is 0. The summed E-state index contributed by atoms with van der Waals surface area (Å²) in [5.74, 6) is 0.545. The van der Waals surface area contributed by atoms with Crippen molar-refractivity contribution in [2.75, 3.05) is 26.0 Å². The molecule has 1 aromatic carbocycles. The summed E-state index contributed by atoms with van der Waals surface area (Å²) < 4.78 is 5.38. The van der Waals surface area contributed by atoms with E-state index >= 15 is 0 Å². The number of nitrogens with zero attached hydrogens (tertiary/aromatic N) is 1. The highest BCUT2D eigenvalue weighted by Gasteiger charge is 2.09. The first-order valence-corrected chi connectivity index (χ1v) is 5.32. The predicted molar refractivity (Wildman–Crippen MR) is 72.5 cm³/mol. The summed E-state index contributed by atoms with van der Waals surface area (Å²) in [5, 5.41) is 3.07. The van der Waals surface area contributed by atoms with E-state index in [9.17, 15) is 0 Å². The van der Waals surface area contributed by atoms with Crippen molar-refractivity contribution in [3.63, 3.8) is 0 Å². The van der Waals surface area contributed by atoms with Gasteiger partial charge in [-0.15, -0.1) is 0 Å². The summed E-state index contributed by atoms with van der Waals surface area (Å²) in [5.41, 5.74) is 1.98. The van der Waals surface area contributed by atoms with Crippen LogP contribution in [0.2, 0.25) is 0 Å². The van der Waals surface area contributed by atoms with Crippen LogP contribution in [-0.2, 0) is 4.74 Å². The molecule has 0 aliphatic rings. The Balaban J connectivity index is 2.95. The molecule has 0 amide bonds. The minimum Gasteiger partial charge on any atom is -0.432 e. The molecule has 0 aromatic heterocycles. The van der Waals surface area contributed by atoms with Gasteiger partial charge in [0, 0.05) is 32.4 Å². The van der Waals surface area contributed by atoms with Crippen molar-refractivity contribution in [1.29, 1.82) is 0 Å². The molecule has 0 atom stereocenters. The van der Waals surface area contributed by atoms with Gasteiger partial charge in [-0.2, -0.15) is 0 Å². The average Bonchev–Trinajstić information content (AvgIpc) is 2.28. The Labute approximate surface area is 102 Å². The number of hydrogen-bond donors (Lipinski definition) is 1. The average molecular weight is 236 g/mol. The van der Waals surface area contributed by atoms with Crippen molar-refractivity contribution in [2.45, 2.75) is 0 Å². The van der Waals surface area contributed by atoms with Gasteiger partial charge in [0.05, 0.1) is 0 Å². The lowest BCUT2D eigenvalue weighted by Crippen LogP contribution is -2.19. The Bertz CT molecular complexity index is 402. The molecule has 1 aromatic rings. The zero-order valence-corrected chi connectivity index (χ0v) is 10.6. The topological polar surface area (TPSA) is 24.5 Å². The summed E-state index contributed by atoms with van der Waals surface area (Å²) in [7, 11) is 5.67. The van der Waals surface area contributed by atoms with Crippen molar-refractivity contribution in [1.82, 2.24) is 5.32 Å². The Morgan fingerprint density at radius 2 is 2.00 bits per heavy atom. The lowest BCUT2D eigenvalue weighted by atomic mass is 10.1. The molecule has 4 heteroatoms. The van der Waals surface area contributed by atoms with E-state index in [-0.39, 0.29) is 0 Å². The van der Waals surface area contributed by atoms with E-state index in [1.807, 2.05) is 43.3 Å². The molecule has 16 heavy (non-hydrogen) atoms. The number of hydrogen-bond acceptors (Lipinski definition) is 3. The molecule has 0 spiro atoms. The van der Waals surface area contributed by atoms with Crippen LogP contribution in [0.5, 0.6) is 0 Å². The maximum Gasteiger partial charge on any atom is 0.261 e. The van der Waals surface area contributed by atoms with Crippen LogP contribution in [0.4, 0.5) is 5.69 Å². The molecule has 0 bridgehead atoms. The molecule has 1 N–H and O–H groups in total. The smallest absolute Gasteiger partial charge is 0.261 e. The van der Waals surface area contributed by atoms with Gasteiger partial charge in [0.15, 0.2) is 0 Å². The molecular formula is C12H16N2OS. The van der Waals surface area contributed by atoms with E-state index in [0.29, 0.717) is 10.9 Å². The van der Waals surface area contributed by atoms with Gasteiger partial charge in [0.1, 0.15) is 5.76 Å². The van der Waals surface area contributed by atoms with Gasteiger partial charge in [0.25, 0.3) is 5.17 Å². The molecule has 1 rings (SSSR count). The van der Waals surface area contributed by atoms with Gasteiger partial charge in [-0.25, -0.2) is 0 Å². The molecule has 0 saturated carbocycles.